The lowest BCUT2D eigenvalue weighted by Gasteiger charge is -2.17. The number of hydrogen-bond donors (Lipinski definition) is 2. The first-order valence-corrected chi connectivity index (χ1v) is 6.96. The average molecular weight is 294 g/mol. The maximum Gasteiger partial charge on any atom is 0.241 e. The second kappa shape index (κ2) is 4.80. The lowest BCUT2D eigenvalue weighted by molar-refractivity contribution is 0.366. The largest absolute Gasteiger partial charge is 0.508 e. The number of rotatable bonds is 2. The number of fused-ring (bicyclic) bond motifs is 2. The van der Waals surface area contributed by atoms with Crippen molar-refractivity contribution in [3.8, 4) is 34.5 Å². The fourth-order valence-corrected chi connectivity index (χ4v) is 2.65. The van der Waals surface area contributed by atoms with Crippen LogP contribution in [0.5, 0.6) is 23.1 Å². The molecule has 0 aliphatic carbocycles. The number of nitrogens with one attached hydrogen (secondary N) is 1. The lowest BCUT2D eigenvalue weighted by Crippen LogP contribution is -2.04. The third-order valence-corrected chi connectivity index (χ3v) is 3.71. The van der Waals surface area contributed by atoms with E-state index in [0.717, 1.165) is 16.8 Å². The van der Waals surface area contributed by atoms with E-state index in [2.05, 4.69) is 9.97 Å². The first-order valence-electron chi connectivity index (χ1n) is 6.96. The number of para-hydroxylation sites is 1. The van der Waals surface area contributed by atoms with Gasteiger partial charge in [0.05, 0.1) is 12.8 Å². The fourth-order valence-electron chi connectivity index (χ4n) is 2.65. The van der Waals surface area contributed by atoms with Crippen LogP contribution in [0.2, 0.25) is 0 Å². The van der Waals surface area contributed by atoms with Crippen molar-refractivity contribution in [3.63, 3.8) is 0 Å². The molecule has 0 unspecified atom stereocenters. The van der Waals surface area contributed by atoms with Crippen LogP contribution in [0.1, 0.15) is 11.3 Å². The molecule has 0 atom stereocenters. The Bertz CT molecular complexity index is 855. The van der Waals surface area contributed by atoms with Gasteiger partial charge < -0.3 is 19.6 Å². The summed E-state index contributed by atoms with van der Waals surface area (Å²) in [7, 11) is 1.62. The number of hydrogen-bond acceptors (Lipinski definition) is 4. The Balaban J connectivity index is 1.76. The normalized spacial score (nSPS) is 12.2. The molecule has 0 radical (unpaired) electrons. The summed E-state index contributed by atoms with van der Waals surface area (Å²) in [5.74, 6) is 2.84. The molecule has 2 heterocycles. The number of benzene rings is 2. The summed E-state index contributed by atoms with van der Waals surface area (Å²) in [6.07, 6.45) is 0.702. The molecule has 0 fully saturated rings. The summed E-state index contributed by atoms with van der Waals surface area (Å²) in [6, 6.07) is 12.8. The quantitative estimate of drug-likeness (QED) is 0.594. The number of aromatic nitrogens is 2. The summed E-state index contributed by atoms with van der Waals surface area (Å²) < 4.78 is 11.2. The molecule has 1 aliphatic rings. The van der Waals surface area contributed by atoms with Gasteiger partial charge in [0.1, 0.15) is 11.6 Å². The fraction of sp³-hybridized carbons (Fsp3) is 0.118. The van der Waals surface area contributed by atoms with Crippen LogP contribution in [0, 0.1) is 0 Å². The monoisotopic (exact) mass is 294 g/mol. The van der Waals surface area contributed by atoms with Gasteiger partial charge in [0.15, 0.2) is 11.5 Å². The summed E-state index contributed by atoms with van der Waals surface area (Å²) >= 11 is 0. The number of phenolic OH excluding ortho intramolecular Hbond substituents is 1. The zero-order valence-electron chi connectivity index (χ0n) is 12.0. The van der Waals surface area contributed by atoms with Gasteiger partial charge in [-0.05, 0) is 18.2 Å². The Morgan fingerprint density at radius 3 is 2.91 bits per heavy atom. The van der Waals surface area contributed by atoms with Crippen molar-refractivity contribution >= 4 is 0 Å². The number of ether oxygens (including phenoxy) is 2. The molecule has 1 aliphatic heterocycles. The number of phenols is 1. The number of methoxy groups -OCH3 is 1. The molecule has 22 heavy (non-hydrogen) atoms. The molecule has 0 saturated carbocycles. The number of aromatic hydroxyl groups is 1. The van der Waals surface area contributed by atoms with Gasteiger partial charge in [-0.25, -0.2) is 0 Å². The topological polar surface area (TPSA) is 67.4 Å². The SMILES string of the molecule is COc1cccc2c1Oc1nc(-c3cccc(O)c3)[nH]c1C2. The van der Waals surface area contributed by atoms with E-state index in [4.69, 9.17) is 9.47 Å². The van der Waals surface area contributed by atoms with Crippen LogP contribution in [-0.4, -0.2) is 22.2 Å². The van der Waals surface area contributed by atoms with E-state index in [1.54, 1.807) is 25.3 Å². The Morgan fingerprint density at radius 2 is 2.09 bits per heavy atom. The van der Waals surface area contributed by atoms with Crippen molar-refractivity contribution in [3.05, 3.63) is 53.7 Å². The molecule has 0 spiro atoms. The molecule has 0 bridgehead atoms. The molecular weight excluding hydrogens is 280 g/mol. The van der Waals surface area contributed by atoms with Gasteiger partial charge in [-0.3, -0.25) is 0 Å². The maximum atomic E-state index is 9.60. The highest BCUT2D eigenvalue weighted by Crippen LogP contribution is 2.42. The highest BCUT2D eigenvalue weighted by Gasteiger charge is 2.24. The van der Waals surface area contributed by atoms with Crippen LogP contribution in [-0.2, 0) is 6.42 Å². The molecule has 5 heteroatoms. The molecule has 0 amide bonds. The van der Waals surface area contributed by atoms with Gasteiger partial charge in [-0.1, -0.05) is 24.3 Å². The second-order valence-electron chi connectivity index (χ2n) is 5.15. The van der Waals surface area contributed by atoms with Crippen molar-refractivity contribution in [2.75, 3.05) is 7.11 Å². The molecule has 3 aromatic rings. The van der Waals surface area contributed by atoms with Gasteiger partial charge in [0, 0.05) is 17.5 Å². The van der Waals surface area contributed by atoms with Crippen LogP contribution >= 0.6 is 0 Å². The van der Waals surface area contributed by atoms with Gasteiger partial charge in [0.2, 0.25) is 5.88 Å². The maximum absolute atomic E-state index is 9.60. The van der Waals surface area contributed by atoms with Gasteiger partial charge in [0.25, 0.3) is 0 Å². The van der Waals surface area contributed by atoms with Crippen molar-refractivity contribution < 1.29 is 14.6 Å². The molecule has 4 rings (SSSR count). The molecule has 2 N–H and O–H groups in total. The van der Waals surface area contributed by atoms with E-state index in [0.29, 0.717) is 29.6 Å². The first kappa shape index (κ1) is 12.8. The standard InChI is InChI=1S/C17H14N2O3/c1-21-14-7-3-4-10-9-13-17(22-15(10)14)19-16(18-13)11-5-2-6-12(20)8-11/h2-8,20H,9H2,1H3,(H,18,19). The van der Waals surface area contributed by atoms with Crippen molar-refractivity contribution in [2.45, 2.75) is 6.42 Å². The van der Waals surface area contributed by atoms with Crippen molar-refractivity contribution in [2.24, 2.45) is 0 Å². The highest BCUT2D eigenvalue weighted by molar-refractivity contribution is 5.61. The number of aromatic amines is 1. The lowest BCUT2D eigenvalue weighted by atomic mass is 10.1. The third kappa shape index (κ3) is 1.98. The smallest absolute Gasteiger partial charge is 0.241 e. The summed E-state index contributed by atoms with van der Waals surface area (Å²) in [5, 5.41) is 9.60. The predicted molar refractivity (Wildman–Crippen MR) is 81.6 cm³/mol. The Kier molecular flexibility index (Phi) is 2.79. The number of nitrogens with zero attached hydrogens (tertiary/aromatic N) is 1. The van der Waals surface area contributed by atoms with E-state index in [1.165, 1.54) is 0 Å². The van der Waals surface area contributed by atoms with Crippen LogP contribution in [0.4, 0.5) is 0 Å². The molecular formula is C17H14N2O3. The molecule has 5 nitrogen and oxygen atoms in total. The molecule has 2 aromatic carbocycles. The van der Waals surface area contributed by atoms with Gasteiger partial charge in [-0.2, -0.15) is 4.98 Å². The Labute approximate surface area is 127 Å². The summed E-state index contributed by atoms with van der Waals surface area (Å²) in [4.78, 5) is 7.76. The minimum Gasteiger partial charge on any atom is -0.508 e. The van der Waals surface area contributed by atoms with E-state index in [9.17, 15) is 5.11 Å². The molecule has 0 saturated heterocycles. The van der Waals surface area contributed by atoms with Gasteiger partial charge >= 0.3 is 0 Å². The summed E-state index contributed by atoms with van der Waals surface area (Å²) in [5.41, 5.74) is 2.78. The van der Waals surface area contributed by atoms with Crippen LogP contribution < -0.4 is 9.47 Å². The van der Waals surface area contributed by atoms with E-state index < -0.39 is 0 Å². The van der Waals surface area contributed by atoms with E-state index in [-0.39, 0.29) is 5.75 Å². The van der Waals surface area contributed by atoms with E-state index in [1.807, 2.05) is 24.3 Å². The third-order valence-electron chi connectivity index (χ3n) is 3.71. The molecule has 110 valence electrons. The van der Waals surface area contributed by atoms with Crippen LogP contribution in [0.3, 0.4) is 0 Å². The minimum absolute atomic E-state index is 0.206. The molecule has 1 aromatic heterocycles. The van der Waals surface area contributed by atoms with Crippen molar-refractivity contribution in [1.29, 1.82) is 0 Å². The number of imidazole rings is 1. The van der Waals surface area contributed by atoms with Crippen molar-refractivity contribution in [1.82, 2.24) is 9.97 Å². The van der Waals surface area contributed by atoms with Crippen LogP contribution in [0.15, 0.2) is 42.5 Å². The predicted octanol–water partition coefficient (Wildman–Crippen LogP) is 3.49. The zero-order chi connectivity index (χ0) is 15.1. The van der Waals surface area contributed by atoms with E-state index >= 15 is 0 Å². The first-order chi connectivity index (χ1) is 10.7. The Hall–Kier alpha value is -2.95. The zero-order valence-corrected chi connectivity index (χ0v) is 12.0. The summed E-state index contributed by atoms with van der Waals surface area (Å²) in [6.45, 7) is 0. The Morgan fingerprint density at radius 1 is 1.23 bits per heavy atom. The minimum atomic E-state index is 0.206. The number of H-pyrrole nitrogens is 1. The highest BCUT2D eigenvalue weighted by atomic mass is 16.5. The average Bonchev–Trinajstić information content (AvgIpc) is 2.95. The van der Waals surface area contributed by atoms with Crippen LogP contribution in [0.25, 0.3) is 11.4 Å². The van der Waals surface area contributed by atoms with Gasteiger partial charge in [-0.15, -0.1) is 0 Å². The second-order valence-corrected chi connectivity index (χ2v) is 5.15.